The molecule has 1 N–H and O–H groups in total. The Balaban J connectivity index is 1.15. The van der Waals surface area contributed by atoms with Crippen molar-refractivity contribution in [2.45, 2.75) is 95.9 Å². The van der Waals surface area contributed by atoms with E-state index in [4.69, 9.17) is 0 Å². The number of hydrogen-bond donors (Lipinski definition) is 1. The predicted octanol–water partition coefficient (Wildman–Crippen LogP) is 4.84. The second-order valence-corrected chi connectivity index (χ2v) is 12.2. The first-order valence-corrected chi connectivity index (χ1v) is 12.3. The van der Waals surface area contributed by atoms with Crippen LogP contribution in [-0.4, -0.2) is 35.3 Å². The molecule has 0 aromatic heterocycles. The summed E-state index contributed by atoms with van der Waals surface area (Å²) in [5, 5.41) is 3.11. The van der Waals surface area contributed by atoms with E-state index < -0.39 is 0 Å². The van der Waals surface area contributed by atoms with Crippen molar-refractivity contribution in [2.24, 2.45) is 11.3 Å². The van der Waals surface area contributed by atoms with Gasteiger partial charge in [0.05, 0.1) is 0 Å². The zero-order valence-electron chi connectivity index (χ0n) is 19.7. The Morgan fingerprint density at radius 2 is 1.74 bits per heavy atom. The van der Waals surface area contributed by atoms with Gasteiger partial charge < -0.3 is 10.2 Å². The minimum atomic E-state index is -0.0466. The van der Waals surface area contributed by atoms with E-state index >= 15 is 0 Å². The van der Waals surface area contributed by atoms with Crippen molar-refractivity contribution in [1.82, 2.24) is 10.2 Å². The third-order valence-electron chi connectivity index (χ3n) is 8.94. The number of amides is 2. The molecule has 168 valence electrons. The van der Waals surface area contributed by atoms with Crippen LogP contribution in [0.3, 0.4) is 0 Å². The van der Waals surface area contributed by atoms with Crippen LogP contribution in [0, 0.1) is 18.3 Å². The molecule has 2 spiro atoms. The monoisotopic (exact) mass is 422 g/mol. The molecule has 1 aromatic rings. The van der Waals surface area contributed by atoms with Crippen LogP contribution in [0.2, 0.25) is 0 Å². The number of nitrogens with zero attached hydrogens (tertiary/aromatic N) is 1. The average molecular weight is 423 g/mol. The smallest absolute Gasteiger partial charge is 0.225 e. The quantitative estimate of drug-likeness (QED) is 0.742. The van der Waals surface area contributed by atoms with Gasteiger partial charge in [-0.3, -0.25) is 9.59 Å². The first-order chi connectivity index (χ1) is 14.6. The van der Waals surface area contributed by atoms with Crippen molar-refractivity contribution < 1.29 is 9.59 Å². The first kappa shape index (κ1) is 21.0. The highest BCUT2D eigenvalue weighted by Crippen LogP contribution is 2.57. The average Bonchev–Trinajstić information content (AvgIpc) is 3.06. The van der Waals surface area contributed by atoms with E-state index in [0.717, 1.165) is 45.2 Å². The van der Waals surface area contributed by atoms with E-state index in [1.807, 2.05) is 0 Å². The summed E-state index contributed by atoms with van der Waals surface area (Å²) >= 11 is 0. The van der Waals surface area contributed by atoms with E-state index in [9.17, 15) is 9.59 Å². The van der Waals surface area contributed by atoms with Crippen LogP contribution in [0.15, 0.2) is 18.2 Å². The fourth-order valence-electron chi connectivity index (χ4n) is 6.76. The Morgan fingerprint density at radius 1 is 1.06 bits per heavy atom. The molecule has 5 rings (SSSR count). The molecule has 2 saturated heterocycles. The molecule has 0 radical (unpaired) electrons. The van der Waals surface area contributed by atoms with Gasteiger partial charge in [-0.2, -0.15) is 0 Å². The largest absolute Gasteiger partial charge is 0.351 e. The van der Waals surface area contributed by atoms with Crippen LogP contribution in [0.1, 0.15) is 94.7 Å². The number of carbonyl (C=O) groups excluding carboxylic acids is 2. The number of aryl methyl sites for hydroxylation is 1. The van der Waals surface area contributed by atoms with Gasteiger partial charge in [-0.1, -0.05) is 39.0 Å². The van der Waals surface area contributed by atoms with E-state index in [1.165, 1.54) is 24.0 Å². The molecule has 4 fully saturated rings. The molecule has 4 heteroatoms. The Morgan fingerprint density at radius 3 is 2.32 bits per heavy atom. The Bertz CT molecular complexity index is 890. The molecule has 2 heterocycles. The van der Waals surface area contributed by atoms with Gasteiger partial charge in [-0.15, -0.1) is 0 Å². The highest BCUT2D eigenvalue weighted by atomic mass is 16.2. The number of piperidine rings is 1. The fraction of sp³-hybridized carbons (Fsp3) is 0.704. The molecule has 31 heavy (non-hydrogen) atoms. The summed E-state index contributed by atoms with van der Waals surface area (Å²) in [4.78, 5) is 26.7. The maximum absolute atomic E-state index is 13.0. The fourth-order valence-corrected chi connectivity index (χ4v) is 6.76. The molecular formula is C27H38N2O2. The van der Waals surface area contributed by atoms with E-state index in [1.54, 1.807) is 5.56 Å². The molecular weight excluding hydrogens is 384 g/mol. The Kier molecular flexibility index (Phi) is 4.80. The van der Waals surface area contributed by atoms with Crippen LogP contribution in [0.25, 0.3) is 0 Å². The lowest BCUT2D eigenvalue weighted by molar-refractivity contribution is -0.145. The van der Waals surface area contributed by atoms with E-state index in [0.29, 0.717) is 23.7 Å². The number of rotatable bonds is 2. The molecule has 2 aliphatic carbocycles. The van der Waals surface area contributed by atoms with Crippen molar-refractivity contribution in [3.05, 3.63) is 34.9 Å². The summed E-state index contributed by atoms with van der Waals surface area (Å²) in [5.74, 6) is 1.31. The lowest BCUT2D eigenvalue weighted by Gasteiger charge is -2.54. The van der Waals surface area contributed by atoms with Crippen LogP contribution in [-0.2, 0) is 15.0 Å². The molecule has 1 aromatic carbocycles. The third-order valence-corrected chi connectivity index (χ3v) is 8.94. The standard InChI is InChI=1S/C27H38N2O2/c1-18-5-6-21(25(2,3)4)13-22(18)19-14-26(15-19)9-11-29(12-10-26)24(31)20-16-27(17-20)8-7-23(30)28-27/h5-6,13,19-20H,7-12,14-17H2,1-4H3,(H,28,30). The molecule has 2 aliphatic heterocycles. The molecule has 2 saturated carbocycles. The lowest BCUT2D eigenvalue weighted by atomic mass is 9.55. The van der Waals surface area contributed by atoms with E-state index in [2.05, 4.69) is 56.1 Å². The van der Waals surface area contributed by atoms with E-state index in [-0.39, 0.29) is 22.8 Å². The maximum Gasteiger partial charge on any atom is 0.225 e. The van der Waals surface area contributed by atoms with Crippen molar-refractivity contribution in [2.75, 3.05) is 13.1 Å². The Labute approximate surface area is 187 Å². The van der Waals surface area contributed by atoms with Crippen LogP contribution in [0.4, 0.5) is 0 Å². The zero-order chi connectivity index (χ0) is 22.0. The number of benzene rings is 1. The van der Waals surface area contributed by atoms with Gasteiger partial charge in [0.25, 0.3) is 0 Å². The molecule has 2 amide bonds. The molecule has 4 aliphatic rings. The van der Waals surface area contributed by atoms with Gasteiger partial charge in [0.15, 0.2) is 0 Å². The van der Waals surface area contributed by atoms with Crippen LogP contribution >= 0.6 is 0 Å². The molecule has 4 nitrogen and oxygen atoms in total. The minimum absolute atomic E-state index is 0.0466. The third kappa shape index (κ3) is 3.70. The minimum Gasteiger partial charge on any atom is -0.351 e. The van der Waals surface area contributed by atoms with Gasteiger partial charge in [0.2, 0.25) is 11.8 Å². The first-order valence-electron chi connectivity index (χ1n) is 12.3. The molecule has 0 bridgehead atoms. The summed E-state index contributed by atoms with van der Waals surface area (Å²) in [6.07, 6.45) is 8.12. The van der Waals surface area contributed by atoms with Crippen LogP contribution in [0.5, 0.6) is 0 Å². The number of carbonyl (C=O) groups is 2. The summed E-state index contributed by atoms with van der Waals surface area (Å²) in [5.41, 5.74) is 5.01. The summed E-state index contributed by atoms with van der Waals surface area (Å²) in [6, 6.07) is 7.05. The highest BCUT2D eigenvalue weighted by molar-refractivity contribution is 5.83. The number of hydrogen-bond acceptors (Lipinski definition) is 2. The second-order valence-electron chi connectivity index (χ2n) is 12.2. The lowest BCUT2D eigenvalue weighted by Crippen LogP contribution is -2.58. The van der Waals surface area contributed by atoms with Crippen molar-refractivity contribution >= 4 is 11.8 Å². The highest BCUT2D eigenvalue weighted by Gasteiger charge is 2.53. The maximum atomic E-state index is 13.0. The van der Waals surface area contributed by atoms with Crippen LogP contribution < -0.4 is 5.32 Å². The number of likely N-dealkylation sites (tertiary alicyclic amines) is 1. The van der Waals surface area contributed by atoms with Gasteiger partial charge in [0.1, 0.15) is 0 Å². The van der Waals surface area contributed by atoms with Crippen molar-refractivity contribution in [1.29, 1.82) is 0 Å². The number of nitrogens with one attached hydrogen (secondary N) is 1. The summed E-state index contributed by atoms with van der Waals surface area (Å²) in [6.45, 7) is 11.0. The summed E-state index contributed by atoms with van der Waals surface area (Å²) < 4.78 is 0. The topological polar surface area (TPSA) is 49.4 Å². The molecule has 0 unspecified atom stereocenters. The van der Waals surface area contributed by atoms with Crippen molar-refractivity contribution in [3.8, 4) is 0 Å². The van der Waals surface area contributed by atoms with Gasteiger partial charge >= 0.3 is 0 Å². The molecule has 0 atom stereocenters. The second kappa shape index (κ2) is 7.08. The summed E-state index contributed by atoms with van der Waals surface area (Å²) in [7, 11) is 0. The van der Waals surface area contributed by atoms with Crippen molar-refractivity contribution in [3.63, 3.8) is 0 Å². The van der Waals surface area contributed by atoms with Gasteiger partial charge in [0, 0.05) is 31.0 Å². The SMILES string of the molecule is Cc1ccc(C(C)(C)C)cc1C1CC2(CCN(C(=O)C3CC4(CCC(=O)N4)C3)CC2)C1. The zero-order valence-corrected chi connectivity index (χ0v) is 19.7. The van der Waals surface area contributed by atoms with Gasteiger partial charge in [-0.05, 0) is 85.3 Å². The predicted molar refractivity (Wildman–Crippen MR) is 123 cm³/mol. The van der Waals surface area contributed by atoms with Gasteiger partial charge in [-0.25, -0.2) is 0 Å². The normalized spacial score (nSPS) is 27.2. The Hall–Kier alpha value is -1.84.